The molecule has 13 heavy (non-hydrogen) atoms. The van der Waals surface area contributed by atoms with Crippen LogP contribution in [0.3, 0.4) is 0 Å². The van der Waals surface area contributed by atoms with Gasteiger partial charge in [-0.1, -0.05) is 0 Å². The fraction of sp³-hybridized carbons (Fsp3) is 0.444. The molecular weight excluding hydrogens is 246 g/mol. The summed E-state index contributed by atoms with van der Waals surface area (Å²) in [7, 11) is 0. The van der Waals surface area contributed by atoms with Crippen LogP contribution in [-0.4, -0.2) is 0 Å². The quantitative estimate of drug-likeness (QED) is 0.420. The normalized spacial score (nSPS) is 10.0. The van der Waals surface area contributed by atoms with E-state index in [0.717, 1.165) is 23.8 Å². The van der Waals surface area contributed by atoms with Gasteiger partial charge in [0.1, 0.15) is 0 Å². The van der Waals surface area contributed by atoms with Gasteiger partial charge in [-0.2, -0.15) is 26.8 Å². The Bertz CT molecular complexity index is 112. The summed E-state index contributed by atoms with van der Waals surface area (Å²) in [6.07, 6.45) is 10.0. The first kappa shape index (κ1) is 23.3. The molecule has 77 valence electrons. The molecule has 0 atom stereocenters. The van der Waals surface area contributed by atoms with Crippen molar-refractivity contribution in [3.05, 3.63) is 30.2 Å². The van der Waals surface area contributed by atoms with Gasteiger partial charge in [-0.3, -0.25) is 6.08 Å². The van der Waals surface area contributed by atoms with Gasteiger partial charge in [-0.05, 0) is 0 Å². The number of hydrogen-bond donors (Lipinski definition) is 0. The molecule has 1 rings (SSSR count). The van der Waals surface area contributed by atoms with Crippen LogP contribution < -0.4 is 24.8 Å². The summed E-state index contributed by atoms with van der Waals surface area (Å²) in [5.41, 5.74) is 0. The van der Waals surface area contributed by atoms with Crippen molar-refractivity contribution in [3.8, 4) is 0 Å². The van der Waals surface area contributed by atoms with Crippen LogP contribution in [0.4, 0.5) is 0 Å². The Morgan fingerprint density at radius 3 is 1.69 bits per heavy atom. The molecular formula is C9H14Cl2OV-2. The summed E-state index contributed by atoms with van der Waals surface area (Å²) >= 11 is 1.06. The zero-order valence-corrected chi connectivity index (χ0v) is 11.0. The van der Waals surface area contributed by atoms with Gasteiger partial charge in [-0.15, -0.1) is 6.42 Å². The first-order valence-corrected chi connectivity index (χ1v) is 3.97. The molecule has 0 aliphatic heterocycles. The molecule has 0 amide bonds. The van der Waals surface area contributed by atoms with E-state index < -0.39 is 0 Å². The number of halogens is 2. The van der Waals surface area contributed by atoms with Crippen molar-refractivity contribution >= 4 is 0 Å². The van der Waals surface area contributed by atoms with Gasteiger partial charge < -0.3 is 30.7 Å². The van der Waals surface area contributed by atoms with E-state index >= 15 is 0 Å². The fourth-order valence-corrected chi connectivity index (χ4v) is 0.340. The third-order valence-electron chi connectivity index (χ3n) is 0.586. The van der Waals surface area contributed by atoms with Gasteiger partial charge in [0.05, 0.1) is 0 Å². The molecule has 0 radical (unpaired) electrons. The Labute approximate surface area is 103 Å². The van der Waals surface area contributed by atoms with Crippen molar-refractivity contribution in [1.29, 1.82) is 0 Å². The Morgan fingerprint density at radius 2 is 1.62 bits per heavy atom. The molecule has 0 N–H and O–H groups in total. The predicted molar refractivity (Wildman–Crippen MR) is 42.5 cm³/mol. The van der Waals surface area contributed by atoms with Gasteiger partial charge in [0.15, 0.2) is 0 Å². The minimum atomic E-state index is 0. The Morgan fingerprint density at radius 1 is 1.23 bits per heavy atom. The van der Waals surface area contributed by atoms with Crippen LogP contribution in [0.2, 0.25) is 0 Å². The number of allylic oxidation sites excluding steroid dienone is 4. The molecule has 0 aromatic carbocycles. The van der Waals surface area contributed by atoms with Crippen LogP contribution in [0.15, 0.2) is 18.2 Å². The molecule has 0 saturated carbocycles. The maximum atomic E-state index is 8.19. The second-order valence-corrected chi connectivity index (χ2v) is 2.50. The zero-order chi connectivity index (χ0) is 9.11. The molecule has 0 unspecified atom stereocenters. The Kier molecular flexibility index (Phi) is 41.0. The monoisotopic (exact) mass is 259 g/mol. The standard InChI is InChI=1S/C5H5.C4H9.2ClH.O.V/c1-2-4-5-3-1;1-4(2)3;;;;/h1-3H,4H2;1-3H3;2*1H;;/q2*-1;;;;+2/p-2. The van der Waals surface area contributed by atoms with E-state index in [-0.39, 0.29) is 24.8 Å². The number of hydrogen-bond acceptors (Lipinski definition) is 1. The van der Waals surface area contributed by atoms with E-state index in [0.29, 0.717) is 0 Å². The third-order valence-corrected chi connectivity index (χ3v) is 0.586. The van der Waals surface area contributed by atoms with E-state index in [1.54, 1.807) is 0 Å². The van der Waals surface area contributed by atoms with Crippen LogP contribution >= 0.6 is 0 Å². The molecule has 1 aliphatic rings. The molecule has 0 aromatic heterocycles. The van der Waals surface area contributed by atoms with Crippen LogP contribution in [0.25, 0.3) is 0 Å². The molecule has 0 spiro atoms. The van der Waals surface area contributed by atoms with E-state index in [4.69, 9.17) is 3.67 Å². The summed E-state index contributed by atoms with van der Waals surface area (Å²) in [5, 5.41) is 0. The van der Waals surface area contributed by atoms with Crippen LogP contribution in [-0.2, 0) is 21.0 Å². The summed E-state index contributed by atoms with van der Waals surface area (Å²) in [6, 6.07) is 0. The van der Waals surface area contributed by atoms with Gasteiger partial charge in [0, 0.05) is 0 Å². The topological polar surface area (TPSA) is 17.1 Å². The van der Waals surface area contributed by atoms with Crippen molar-refractivity contribution in [2.24, 2.45) is 0 Å². The molecule has 0 bridgehead atoms. The van der Waals surface area contributed by atoms with Gasteiger partial charge in [0.2, 0.25) is 0 Å². The van der Waals surface area contributed by atoms with Crippen LogP contribution in [0.1, 0.15) is 27.2 Å². The summed E-state index contributed by atoms with van der Waals surface area (Å²) in [4.78, 5) is 0. The summed E-state index contributed by atoms with van der Waals surface area (Å²) in [6.45, 7) is 6.25. The Hall–Kier alpha value is 0.444. The van der Waals surface area contributed by atoms with Gasteiger partial charge in [-0.25, -0.2) is 12.2 Å². The molecule has 0 heterocycles. The summed E-state index contributed by atoms with van der Waals surface area (Å²) in [5.74, 6) is 1.42. The first-order valence-electron chi connectivity index (χ1n) is 3.40. The van der Waals surface area contributed by atoms with E-state index in [2.05, 4.69) is 32.9 Å². The average molecular weight is 260 g/mol. The van der Waals surface area contributed by atoms with Gasteiger partial charge in [0.25, 0.3) is 0 Å². The molecule has 1 nitrogen and oxygen atoms in total. The predicted octanol–water partition coefficient (Wildman–Crippen LogP) is -3.19. The summed E-state index contributed by atoms with van der Waals surface area (Å²) < 4.78 is 8.19. The first-order chi connectivity index (χ1) is 5.23. The fourth-order valence-electron chi connectivity index (χ4n) is 0.340. The van der Waals surface area contributed by atoms with Crippen molar-refractivity contribution in [1.82, 2.24) is 0 Å². The van der Waals surface area contributed by atoms with Crippen molar-refractivity contribution in [2.75, 3.05) is 0 Å². The SMILES string of the molecule is C[C-](C)C.[C-]1=CC=CC1.[Cl-].[Cl-].[O]=[V+2]. The van der Waals surface area contributed by atoms with Crippen LogP contribution in [0, 0.1) is 12.0 Å². The average Bonchev–Trinajstić information content (AvgIpc) is 2.44. The second kappa shape index (κ2) is 22.9. The minimum absolute atomic E-state index is 0. The molecule has 4 heteroatoms. The van der Waals surface area contributed by atoms with E-state index in [1.165, 1.54) is 5.92 Å². The molecule has 0 fully saturated rings. The van der Waals surface area contributed by atoms with E-state index in [1.807, 2.05) is 12.2 Å². The van der Waals surface area contributed by atoms with Crippen LogP contribution in [0.5, 0.6) is 0 Å². The third kappa shape index (κ3) is 45.8. The molecule has 0 saturated heterocycles. The molecule has 0 aromatic rings. The van der Waals surface area contributed by atoms with Crippen molar-refractivity contribution in [2.45, 2.75) is 27.2 Å². The Balaban J connectivity index is -0.0000000472. The zero-order valence-electron chi connectivity index (χ0n) is 8.05. The maximum absolute atomic E-state index is 8.19. The van der Waals surface area contributed by atoms with E-state index in [9.17, 15) is 0 Å². The van der Waals surface area contributed by atoms with Gasteiger partial charge >= 0.3 is 21.0 Å². The second-order valence-electron chi connectivity index (χ2n) is 2.50. The van der Waals surface area contributed by atoms with Crippen molar-refractivity contribution in [3.63, 3.8) is 0 Å². The number of rotatable bonds is 0. The molecule has 1 aliphatic carbocycles. The van der Waals surface area contributed by atoms with Crippen molar-refractivity contribution < 1.29 is 45.9 Å².